The lowest BCUT2D eigenvalue weighted by Gasteiger charge is -2.17. The molecule has 0 amide bonds. The molecule has 5 rings (SSSR count). The van der Waals surface area contributed by atoms with Crippen molar-refractivity contribution in [1.82, 2.24) is 9.55 Å². The lowest BCUT2D eigenvalue weighted by atomic mass is 10.0. The molecule has 0 unspecified atom stereocenters. The summed E-state index contributed by atoms with van der Waals surface area (Å²) in [6.45, 7) is 0.942. The first kappa shape index (κ1) is 15.4. The van der Waals surface area contributed by atoms with E-state index in [2.05, 4.69) is 71.4 Å². The summed E-state index contributed by atoms with van der Waals surface area (Å²) in [7, 11) is 0. The van der Waals surface area contributed by atoms with E-state index in [9.17, 15) is 0 Å². The molecule has 1 aromatic heterocycles. The molecule has 1 aliphatic rings. The highest BCUT2D eigenvalue weighted by atomic mass is 35.5. The number of aryl methyl sites for hydroxylation is 2. The topological polar surface area (TPSA) is 17.8 Å². The Balaban J connectivity index is 1.52. The highest BCUT2D eigenvalue weighted by Gasteiger charge is 2.19. The molecule has 2 heterocycles. The van der Waals surface area contributed by atoms with Gasteiger partial charge in [-0.25, -0.2) is 4.98 Å². The van der Waals surface area contributed by atoms with Crippen LogP contribution in [-0.2, 0) is 13.0 Å². The van der Waals surface area contributed by atoms with Crippen LogP contribution in [0.2, 0.25) is 5.02 Å². The molecular formula is C23H17ClN2. The normalized spacial score (nSPS) is 12.5. The lowest BCUT2D eigenvalue weighted by Crippen LogP contribution is -2.10. The molecule has 0 atom stereocenters. The summed E-state index contributed by atoms with van der Waals surface area (Å²) in [5.74, 6) is 1.03. The van der Waals surface area contributed by atoms with Gasteiger partial charge in [0.2, 0.25) is 0 Å². The average molecular weight is 357 g/mol. The molecule has 2 nitrogen and oxygen atoms in total. The maximum atomic E-state index is 6.14. The van der Waals surface area contributed by atoms with E-state index in [0.29, 0.717) is 0 Å². The van der Waals surface area contributed by atoms with Gasteiger partial charge in [0, 0.05) is 28.9 Å². The van der Waals surface area contributed by atoms with Gasteiger partial charge < -0.3 is 4.57 Å². The Bertz CT molecular complexity index is 1080. The molecule has 0 N–H and O–H groups in total. The number of hydrogen-bond donors (Lipinski definition) is 0. The molecule has 126 valence electrons. The highest BCUT2D eigenvalue weighted by molar-refractivity contribution is 6.30. The number of halogens is 1. The second-order valence-corrected chi connectivity index (χ2v) is 7.07. The zero-order valence-electron chi connectivity index (χ0n) is 14.2. The molecule has 3 aromatic carbocycles. The van der Waals surface area contributed by atoms with Crippen LogP contribution in [0.4, 0.5) is 0 Å². The van der Waals surface area contributed by atoms with Gasteiger partial charge in [-0.2, -0.15) is 0 Å². The van der Waals surface area contributed by atoms with E-state index in [1.807, 2.05) is 12.1 Å². The Labute approximate surface area is 157 Å². The number of imidazole rings is 1. The monoisotopic (exact) mass is 356 g/mol. The maximum absolute atomic E-state index is 6.14. The number of benzene rings is 3. The second-order valence-electron chi connectivity index (χ2n) is 6.64. The summed E-state index contributed by atoms with van der Waals surface area (Å²) < 4.78 is 2.25. The Kier molecular flexibility index (Phi) is 3.65. The van der Waals surface area contributed by atoms with E-state index in [0.717, 1.165) is 35.1 Å². The molecule has 0 saturated carbocycles. The number of hydrogen-bond acceptors (Lipinski definition) is 1. The van der Waals surface area contributed by atoms with E-state index in [4.69, 9.17) is 16.6 Å². The van der Waals surface area contributed by atoms with Crippen molar-refractivity contribution in [2.24, 2.45) is 0 Å². The Hall–Kier alpha value is -2.84. The molecule has 0 bridgehead atoms. The minimum Gasteiger partial charge on any atom is -0.330 e. The maximum Gasteiger partial charge on any atom is 0.140 e. The van der Waals surface area contributed by atoms with Crippen LogP contribution in [0.3, 0.4) is 0 Å². The van der Waals surface area contributed by atoms with Crippen molar-refractivity contribution in [3.05, 3.63) is 89.6 Å². The van der Waals surface area contributed by atoms with Crippen LogP contribution in [-0.4, -0.2) is 9.55 Å². The van der Waals surface area contributed by atoms with E-state index in [-0.39, 0.29) is 0 Å². The summed E-state index contributed by atoms with van der Waals surface area (Å²) in [6.07, 6.45) is 3.15. The minimum atomic E-state index is 0.792. The van der Waals surface area contributed by atoms with Gasteiger partial charge in [0.05, 0.1) is 5.69 Å². The first-order valence-corrected chi connectivity index (χ1v) is 9.17. The largest absolute Gasteiger partial charge is 0.330 e. The molecule has 0 aliphatic carbocycles. The predicted octanol–water partition coefficient (Wildman–Crippen LogP) is 6.09. The number of rotatable bonds is 2. The van der Waals surface area contributed by atoms with Crippen molar-refractivity contribution in [1.29, 1.82) is 0 Å². The van der Waals surface area contributed by atoms with Crippen LogP contribution in [0.25, 0.3) is 33.8 Å². The summed E-state index contributed by atoms with van der Waals surface area (Å²) in [5.41, 5.74) is 7.08. The Morgan fingerprint density at radius 1 is 0.808 bits per heavy atom. The van der Waals surface area contributed by atoms with Gasteiger partial charge in [0.1, 0.15) is 5.82 Å². The number of nitrogens with zero attached hydrogens (tertiary/aromatic N) is 2. The van der Waals surface area contributed by atoms with Crippen molar-refractivity contribution >= 4 is 11.6 Å². The smallest absolute Gasteiger partial charge is 0.140 e. The minimum absolute atomic E-state index is 0.792. The molecule has 1 aliphatic heterocycles. The third-order valence-electron chi connectivity index (χ3n) is 4.99. The number of fused-ring (bicyclic) bond motifs is 3. The SMILES string of the molecule is Clc1ccc2c(c1)CCn1cc(-c3ccc(-c4ccccc4)cc3)nc1-2. The fourth-order valence-corrected chi connectivity index (χ4v) is 3.83. The molecule has 26 heavy (non-hydrogen) atoms. The summed E-state index contributed by atoms with van der Waals surface area (Å²) in [5, 5.41) is 0.792. The fourth-order valence-electron chi connectivity index (χ4n) is 3.63. The van der Waals surface area contributed by atoms with Crippen molar-refractivity contribution in [2.75, 3.05) is 0 Å². The third kappa shape index (κ3) is 2.63. The molecule has 0 spiro atoms. The lowest BCUT2D eigenvalue weighted by molar-refractivity contribution is 0.684. The van der Waals surface area contributed by atoms with Crippen LogP contribution in [0, 0.1) is 0 Å². The van der Waals surface area contributed by atoms with Crippen molar-refractivity contribution < 1.29 is 0 Å². The third-order valence-corrected chi connectivity index (χ3v) is 5.23. The standard InChI is InChI=1S/C23H17ClN2/c24-20-10-11-21-19(14-20)12-13-26-15-22(25-23(21)26)18-8-6-17(7-9-18)16-4-2-1-3-5-16/h1-11,14-15H,12-13H2. The summed E-state index contributed by atoms with van der Waals surface area (Å²) >= 11 is 6.14. The van der Waals surface area contributed by atoms with Crippen molar-refractivity contribution in [2.45, 2.75) is 13.0 Å². The van der Waals surface area contributed by atoms with Gasteiger partial charge in [-0.3, -0.25) is 0 Å². The number of aromatic nitrogens is 2. The van der Waals surface area contributed by atoms with Gasteiger partial charge in [-0.1, -0.05) is 66.2 Å². The first-order valence-electron chi connectivity index (χ1n) is 8.80. The fraction of sp³-hybridized carbons (Fsp3) is 0.0870. The predicted molar refractivity (Wildman–Crippen MR) is 107 cm³/mol. The van der Waals surface area contributed by atoms with Crippen molar-refractivity contribution in [3.8, 4) is 33.8 Å². The van der Waals surface area contributed by atoms with Gasteiger partial charge >= 0.3 is 0 Å². The molecule has 4 aromatic rings. The van der Waals surface area contributed by atoms with Gasteiger partial charge in [0.25, 0.3) is 0 Å². The van der Waals surface area contributed by atoms with Gasteiger partial charge in [-0.15, -0.1) is 0 Å². The molecule has 3 heteroatoms. The van der Waals surface area contributed by atoms with Crippen LogP contribution in [0.15, 0.2) is 79.0 Å². The molecule has 0 saturated heterocycles. The quantitative estimate of drug-likeness (QED) is 0.424. The van der Waals surface area contributed by atoms with Crippen LogP contribution in [0.5, 0.6) is 0 Å². The molecule has 0 radical (unpaired) electrons. The highest BCUT2D eigenvalue weighted by Crippen LogP contribution is 2.33. The van der Waals surface area contributed by atoms with Crippen LogP contribution < -0.4 is 0 Å². The Morgan fingerprint density at radius 2 is 1.54 bits per heavy atom. The average Bonchev–Trinajstić information content (AvgIpc) is 3.13. The van der Waals surface area contributed by atoms with E-state index >= 15 is 0 Å². The summed E-state index contributed by atoms with van der Waals surface area (Å²) in [6, 6.07) is 25.1. The molecular weight excluding hydrogens is 340 g/mol. The van der Waals surface area contributed by atoms with E-state index in [1.54, 1.807) is 0 Å². The zero-order valence-corrected chi connectivity index (χ0v) is 14.9. The molecule has 0 fully saturated rings. The van der Waals surface area contributed by atoms with Gasteiger partial charge in [-0.05, 0) is 41.3 Å². The second kappa shape index (κ2) is 6.15. The van der Waals surface area contributed by atoms with E-state index in [1.165, 1.54) is 22.3 Å². The first-order chi connectivity index (χ1) is 12.8. The van der Waals surface area contributed by atoms with Crippen molar-refractivity contribution in [3.63, 3.8) is 0 Å². The van der Waals surface area contributed by atoms with Crippen LogP contribution in [0.1, 0.15) is 5.56 Å². The zero-order chi connectivity index (χ0) is 17.5. The van der Waals surface area contributed by atoms with Gasteiger partial charge in [0.15, 0.2) is 0 Å². The summed E-state index contributed by atoms with van der Waals surface area (Å²) in [4.78, 5) is 4.91. The Morgan fingerprint density at radius 3 is 2.35 bits per heavy atom. The van der Waals surface area contributed by atoms with E-state index < -0.39 is 0 Å². The van der Waals surface area contributed by atoms with Crippen LogP contribution >= 0.6 is 11.6 Å².